The number of thiophene rings is 1. The SMILES string of the molecule is Cc1c(-c2cc(N3C(=O)C4CC5C(=CCC6C(=O)N(c7cccc([N+](=O)[O-])c7)C(=O)C65)C(c5cc(OC(F)(F)F)ccc5O)C4(C)C3=O)n(C)n2)sc2ccc(Cl)cc12. The molecule has 1 N–H and O–H groups in total. The smallest absolute Gasteiger partial charge is 0.508 e. The van der Waals surface area contributed by atoms with Crippen LogP contribution in [0.1, 0.15) is 36.8 Å². The Labute approximate surface area is 341 Å². The van der Waals surface area contributed by atoms with Gasteiger partial charge in [-0.1, -0.05) is 29.3 Å². The van der Waals surface area contributed by atoms with E-state index in [1.54, 1.807) is 25.3 Å². The van der Waals surface area contributed by atoms with Crippen LogP contribution >= 0.6 is 22.9 Å². The van der Waals surface area contributed by atoms with Crippen molar-refractivity contribution in [1.82, 2.24) is 9.78 Å². The lowest BCUT2D eigenvalue weighted by Gasteiger charge is -2.49. The summed E-state index contributed by atoms with van der Waals surface area (Å²) in [6.07, 6.45) is -3.58. The van der Waals surface area contributed by atoms with E-state index in [9.17, 15) is 42.8 Å². The van der Waals surface area contributed by atoms with Crippen molar-refractivity contribution in [2.45, 2.75) is 39.0 Å². The number of non-ortho nitro benzene ring substituents is 1. The van der Waals surface area contributed by atoms with Gasteiger partial charge in [-0.05, 0) is 86.0 Å². The molecular weight excluding hydrogens is 815 g/mol. The van der Waals surface area contributed by atoms with Crippen molar-refractivity contribution in [1.29, 1.82) is 0 Å². The van der Waals surface area contributed by atoms with E-state index in [-0.39, 0.29) is 35.6 Å². The van der Waals surface area contributed by atoms with Crippen LogP contribution in [0, 0.1) is 46.1 Å². The van der Waals surface area contributed by atoms with Crippen LogP contribution in [0.5, 0.6) is 11.5 Å². The van der Waals surface area contributed by atoms with Crippen molar-refractivity contribution in [2.75, 3.05) is 9.80 Å². The Hall–Kier alpha value is -6.07. The number of rotatable bonds is 6. The first-order valence-electron chi connectivity index (χ1n) is 18.4. The molecule has 0 spiro atoms. The van der Waals surface area contributed by atoms with Gasteiger partial charge in [0.15, 0.2) is 0 Å². The molecule has 59 heavy (non-hydrogen) atoms. The number of phenols is 1. The van der Waals surface area contributed by atoms with Gasteiger partial charge in [0, 0.05) is 46.5 Å². The molecule has 3 fully saturated rings. The summed E-state index contributed by atoms with van der Waals surface area (Å²) in [5.41, 5.74) is -0.496. The fourth-order valence-corrected chi connectivity index (χ4v) is 11.1. The van der Waals surface area contributed by atoms with E-state index in [1.165, 1.54) is 41.1 Å². The highest BCUT2D eigenvalue weighted by Crippen LogP contribution is 2.65. The number of nitro groups is 1. The summed E-state index contributed by atoms with van der Waals surface area (Å²) in [7, 11) is 1.57. The van der Waals surface area contributed by atoms with E-state index in [2.05, 4.69) is 9.84 Å². The van der Waals surface area contributed by atoms with Crippen molar-refractivity contribution in [3.8, 4) is 22.1 Å². The number of carbonyl (C=O) groups excluding carboxylic acids is 4. The Morgan fingerprint density at radius 1 is 1.00 bits per heavy atom. The summed E-state index contributed by atoms with van der Waals surface area (Å²) < 4.78 is 47.2. The third kappa shape index (κ3) is 5.76. The van der Waals surface area contributed by atoms with E-state index in [4.69, 9.17) is 11.6 Å². The summed E-state index contributed by atoms with van der Waals surface area (Å²) >= 11 is 7.73. The number of aryl methyl sites for hydroxylation is 2. The van der Waals surface area contributed by atoms with Crippen LogP contribution in [0.3, 0.4) is 0 Å². The van der Waals surface area contributed by atoms with Gasteiger partial charge in [-0.2, -0.15) is 5.10 Å². The number of phenolic OH excluding ortho intramolecular Hbond substituents is 1. The second-order valence-corrected chi connectivity index (χ2v) is 16.9. The molecule has 13 nitrogen and oxygen atoms in total. The molecule has 0 bridgehead atoms. The first-order valence-corrected chi connectivity index (χ1v) is 19.6. The van der Waals surface area contributed by atoms with Crippen molar-refractivity contribution < 1.29 is 47.1 Å². The zero-order chi connectivity index (χ0) is 42.0. The second-order valence-electron chi connectivity index (χ2n) is 15.4. The van der Waals surface area contributed by atoms with Crippen LogP contribution in [0.15, 0.2) is 78.4 Å². The van der Waals surface area contributed by atoms with E-state index in [1.807, 2.05) is 19.1 Å². The first-order chi connectivity index (χ1) is 27.9. The minimum Gasteiger partial charge on any atom is -0.508 e. The van der Waals surface area contributed by atoms with Crippen LogP contribution in [-0.2, 0) is 26.2 Å². The van der Waals surface area contributed by atoms with E-state index in [0.29, 0.717) is 16.3 Å². The summed E-state index contributed by atoms with van der Waals surface area (Å²) in [4.78, 5) is 72.0. The van der Waals surface area contributed by atoms with Gasteiger partial charge in [0.25, 0.3) is 5.69 Å². The van der Waals surface area contributed by atoms with Crippen LogP contribution in [-0.4, -0.2) is 49.8 Å². The molecular formula is C41H31ClF3N5O8S. The van der Waals surface area contributed by atoms with Gasteiger partial charge in [-0.25, -0.2) is 9.80 Å². The van der Waals surface area contributed by atoms with E-state index < -0.39 is 81.4 Å². The number of halogens is 4. The van der Waals surface area contributed by atoms with Crippen LogP contribution < -0.4 is 14.5 Å². The van der Waals surface area contributed by atoms with Gasteiger partial charge in [-0.3, -0.25) is 34.0 Å². The van der Waals surface area contributed by atoms with Gasteiger partial charge in [0.1, 0.15) is 23.0 Å². The lowest BCUT2D eigenvalue weighted by molar-refractivity contribution is -0.384. The number of nitrogens with zero attached hydrogens (tertiary/aromatic N) is 5. The number of imide groups is 2. The Kier molecular flexibility index (Phi) is 8.62. The number of hydrogen-bond donors (Lipinski definition) is 1. The zero-order valence-corrected chi connectivity index (χ0v) is 32.8. The molecule has 2 saturated heterocycles. The number of hydrogen-bond acceptors (Lipinski definition) is 10. The predicted molar refractivity (Wildman–Crippen MR) is 209 cm³/mol. The number of carbonyl (C=O) groups is 4. The standard InChI is InChI=1S/C41H31ClF3N5O8S/c1-18-25-13-19(42)7-12-31(25)59-35(18)29-17-32(47(3)46-29)49-37(53)28-16-26-23(34(40(28,2)39(49)55)27-15-22(8-11-30(27)51)58-41(43,44)45)9-10-24-33(26)38(54)48(36(24)52)20-5-4-6-21(14-20)50(56)57/h4-9,11-15,17,24,26,28,33-34,51H,10,16H2,1-3H3. The van der Waals surface area contributed by atoms with E-state index >= 15 is 4.79 Å². The van der Waals surface area contributed by atoms with Gasteiger partial charge in [0.2, 0.25) is 23.6 Å². The number of ether oxygens (including phenoxy) is 1. The highest BCUT2D eigenvalue weighted by Gasteiger charge is 2.68. The van der Waals surface area contributed by atoms with Crippen LogP contribution in [0.25, 0.3) is 20.7 Å². The normalized spacial score (nSPS) is 25.3. The molecule has 2 aliphatic carbocycles. The molecule has 0 radical (unpaired) electrons. The lowest BCUT2D eigenvalue weighted by atomic mass is 9.51. The molecule has 18 heteroatoms. The van der Waals surface area contributed by atoms with Crippen molar-refractivity contribution in [3.05, 3.63) is 105 Å². The monoisotopic (exact) mass is 845 g/mol. The van der Waals surface area contributed by atoms with Crippen molar-refractivity contribution >= 4 is 73.8 Å². The summed E-state index contributed by atoms with van der Waals surface area (Å²) in [6.45, 7) is 3.43. The summed E-state index contributed by atoms with van der Waals surface area (Å²) in [6, 6.07) is 15.1. The highest BCUT2D eigenvalue weighted by atomic mass is 35.5. The number of anilines is 2. The van der Waals surface area contributed by atoms with Gasteiger partial charge >= 0.3 is 6.36 Å². The van der Waals surface area contributed by atoms with Crippen molar-refractivity contribution in [3.63, 3.8) is 0 Å². The molecule has 4 aliphatic rings. The van der Waals surface area contributed by atoms with Gasteiger partial charge < -0.3 is 9.84 Å². The largest absolute Gasteiger partial charge is 0.573 e. The zero-order valence-electron chi connectivity index (χ0n) is 31.2. The number of amides is 4. The number of alkyl halides is 3. The van der Waals surface area contributed by atoms with Gasteiger partial charge in [0.05, 0.1) is 38.7 Å². The average molecular weight is 846 g/mol. The highest BCUT2D eigenvalue weighted by molar-refractivity contribution is 7.22. The summed E-state index contributed by atoms with van der Waals surface area (Å²) in [5, 5.41) is 29.1. The number of fused-ring (bicyclic) bond motifs is 5. The van der Waals surface area contributed by atoms with Crippen molar-refractivity contribution in [2.24, 2.45) is 36.1 Å². The van der Waals surface area contributed by atoms with Crippen LogP contribution in [0.2, 0.25) is 5.02 Å². The molecule has 2 aliphatic heterocycles. The maximum absolute atomic E-state index is 15.1. The fraction of sp³-hybridized carbons (Fsp3) is 0.293. The molecule has 4 amide bonds. The van der Waals surface area contributed by atoms with E-state index in [0.717, 1.165) is 54.6 Å². The minimum atomic E-state index is -5.11. The summed E-state index contributed by atoms with van der Waals surface area (Å²) in [5.74, 6) is -9.13. The molecule has 9 rings (SSSR count). The number of benzene rings is 3. The molecule has 5 aromatic rings. The Morgan fingerprint density at radius 2 is 1.76 bits per heavy atom. The number of aromatic hydroxyl groups is 1. The Morgan fingerprint density at radius 3 is 2.49 bits per heavy atom. The number of allylic oxidation sites excluding steroid dienone is 2. The fourth-order valence-electron chi connectivity index (χ4n) is 9.75. The Balaban J connectivity index is 1.17. The third-order valence-electron chi connectivity index (χ3n) is 12.3. The molecule has 2 aromatic heterocycles. The van der Waals surface area contributed by atoms with Gasteiger partial charge in [-0.15, -0.1) is 24.5 Å². The number of aromatic nitrogens is 2. The molecule has 1 saturated carbocycles. The average Bonchev–Trinajstić information content (AvgIpc) is 3.85. The molecule has 4 heterocycles. The minimum absolute atomic E-state index is 0.0146. The second kappa shape index (κ2) is 13.2. The maximum Gasteiger partial charge on any atom is 0.573 e. The molecule has 3 aromatic carbocycles. The molecule has 302 valence electrons. The maximum atomic E-state index is 15.1. The quantitative estimate of drug-likeness (QED) is 0.0768. The number of nitro benzene ring substituents is 1. The molecule has 6 unspecified atom stereocenters. The van der Waals surface area contributed by atoms with Crippen LogP contribution in [0.4, 0.5) is 30.4 Å². The molecule has 6 atom stereocenters. The predicted octanol–water partition coefficient (Wildman–Crippen LogP) is 8.21. The third-order valence-corrected chi connectivity index (χ3v) is 13.9. The first kappa shape index (κ1) is 38.4. The lowest BCUT2D eigenvalue weighted by Crippen LogP contribution is -2.49. The Bertz CT molecular complexity index is 2750. The topological polar surface area (TPSA) is 165 Å².